The fourth-order valence-electron chi connectivity index (χ4n) is 0.933. The van der Waals surface area contributed by atoms with E-state index in [9.17, 15) is 4.79 Å². The molecule has 14 heavy (non-hydrogen) atoms. The van der Waals surface area contributed by atoms with E-state index in [0.717, 1.165) is 10.0 Å². The highest BCUT2D eigenvalue weighted by atomic mass is 79.9. The van der Waals surface area contributed by atoms with Gasteiger partial charge in [0, 0.05) is 11.4 Å². The molecule has 0 bridgehead atoms. The predicted molar refractivity (Wildman–Crippen MR) is 54.3 cm³/mol. The third kappa shape index (κ3) is 2.86. The van der Waals surface area contributed by atoms with Crippen molar-refractivity contribution in [2.45, 2.75) is 13.5 Å². The van der Waals surface area contributed by atoms with E-state index in [4.69, 9.17) is 10.00 Å². The van der Waals surface area contributed by atoms with Crippen molar-refractivity contribution >= 4 is 21.9 Å². The number of hydrogen-bond donors (Lipinski definition) is 0. The van der Waals surface area contributed by atoms with Crippen molar-refractivity contribution in [2.75, 3.05) is 0 Å². The Hall–Kier alpha value is -1.34. The monoisotopic (exact) mass is 253 g/mol. The quantitative estimate of drug-likeness (QED) is 0.761. The van der Waals surface area contributed by atoms with E-state index in [0.29, 0.717) is 5.56 Å². The van der Waals surface area contributed by atoms with Gasteiger partial charge in [0.25, 0.3) is 0 Å². The number of carbonyl (C=O) groups excluding carboxylic acids is 1. The molecular formula is C10H8BrNO2. The molecule has 0 spiro atoms. The molecule has 0 fully saturated rings. The SMILES string of the molecule is CC(=O)OCc1ccc(Br)c(C#N)c1. The third-order valence-electron chi connectivity index (χ3n) is 1.59. The van der Waals surface area contributed by atoms with Gasteiger partial charge in [0.05, 0.1) is 5.56 Å². The first-order chi connectivity index (χ1) is 6.63. The van der Waals surface area contributed by atoms with Crippen LogP contribution >= 0.6 is 15.9 Å². The van der Waals surface area contributed by atoms with Crippen LogP contribution in [0.4, 0.5) is 0 Å². The lowest BCUT2D eigenvalue weighted by Crippen LogP contribution is -1.99. The molecule has 0 saturated heterocycles. The number of ether oxygens (including phenoxy) is 1. The number of halogens is 1. The largest absolute Gasteiger partial charge is 0.461 e. The molecule has 0 aliphatic heterocycles. The molecule has 3 nitrogen and oxygen atoms in total. The van der Waals surface area contributed by atoms with Gasteiger partial charge in [-0.25, -0.2) is 0 Å². The Labute approximate surface area is 90.4 Å². The number of rotatable bonds is 2. The van der Waals surface area contributed by atoms with E-state index >= 15 is 0 Å². The Bertz CT molecular complexity index is 396. The molecule has 1 aromatic rings. The second kappa shape index (κ2) is 4.77. The zero-order valence-corrected chi connectivity index (χ0v) is 9.17. The Kier molecular flexibility index (Phi) is 3.66. The number of carbonyl (C=O) groups is 1. The first-order valence-electron chi connectivity index (χ1n) is 3.95. The summed E-state index contributed by atoms with van der Waals surface area (Å²) >= 11 is 3.24. The maximum absolute atomic E-state index is 10.5. The van der Waals surface area contributed by atoms with Crippen molar-refractivity contribution in [1.29, 1.82) is 5.26 Å². The molecule has 0 N–H and O–H groups in total. The van der Waals surface area contributed by atoms with Gasteiger partial charge in [0.2, 0.25) is 0 Å². The first kappa shape index (κ1) is 10.7. The van der Waals surface area contributed by atoms with Gasteiger partial charge in [-0.05, 0) is 33.6 Å². The van der Waals surface area contributed by atoms with Crippen LogP contribution in [0.2, 0.25) is 0 Å². The van der Waals surface area contributed by atoms with Gasteiger partial charge in [-0.3, -0.25) is 4.79 Å². The molecule has 0 unspecified atom stereocenters. The van der Waals surface area contributed by atoms with Gasteiger partial charge in [0.1, 0.15) is 12.7 Å². The van der Waals surface area contributed by atoms with E-state index in [2.05, 4.69) is 15.9 Å². The fraction of sp³-hybridized carbons (Fsp3) is 0.200. The molecule has 0 amide bonds. The number of nitriles is 1. The van der Waals surface area contributed by atoms with Crippen LogP contribution in [0.3, 0.4) is 0 Å². The zero-order valence-electron chi connectivity index (χ0n) is 7.58. The highest BCUT2D eigenvalue weighted by molar-refractivity contribution is 9.10. The van der Waals surface area contributed by atoms with Gasteiger partial charge in [0.15, 0.2) is 0 Å². The standard InChI is InChI=1S/C10H8BrNO2/c1-7(13)14-6-8-2-3-10(11)9(4-8)5-12/h2-4H,6H2,1H3. The normalized spacial score (nSPS) is 9.21. The highest BCUT2D eigenvalue weighted by Crippen LogP contribution is 2.17. The van der Waals surface area contributed by atoms with Crippen molar-refractivity contribution in [3.63, 3.8) is 0 Å². The third-order valence-corrected chi connectivity index (χ3v) is 2.28. The van der Waals surface area contributed by atoms with E-state index in [1.165, 1.54) is 6.92 Å². The second-order valence-corrected chi connectivity index (χ2v) is 3.56. The molecule has 0 aliphatic rings. The van der Waals surface area contributed by atoms with Crippen LogP contribution < -0.4 is 0 Å². The minimum Gasteiger partial charge on any atom is -0.461 e. The average molecular weight is 254 g/mol. The number of nitrogens with zero attached hydrogens (tertiary/aromatic N) is 1. The molecule has 0 atom stereocenters. The highest BCUT2D eigenvalue weighted by Gasteiger charge is 2.01. The maximum Gasteiger partial charge on any atom is 0.302 e. The van der Waals surface area contributed by atoms with Gasteiger partial charge in [-0.1, -0.05) is 6.07 Å². The van der Waals surface area contributed by atoms with Crippen molar-refractivity contribution < 1.29 is 9.53 Å². The molecule has 4 heteroatoms. The molecular weight excluding hydrogens is 246 g/mol. The average Bonchev–Trinajstić information content (AvgIpc) is 2.16. The summed E-state index contributed by atoms with van der Waals surface area (Å²) < 4.78 is 5.55. The molecule has 0 aliphatic carbocycles. The van der Waals surface area contributed by atoms with Crippen molar-refractivity contribution in [2.24, 2.45) is 0 Å². The number of benzene rings is 1. The van der Waals surface area contributed by atoms with Crippen LogP contribution in [-0.2, 0) is 16.1 Å². The lowest BCUT2D eigenvalue weighted by molar-refractivity contribution is -0.142. The smallest absolute Gasteiger partial charge is 0.302 e. The summed E-state index contributed by atoms with van der Waals surface area (Å²) in [4.78, 5) is 10.5. The summed E-state index contributed by atoms with van der Waals surface area (Å²) in [6.07, 6.45) is 0. The first-order valence-corrected chi connectivity index (χ1v) is 4.74. The summed E-state index contributed by atoms with van der Waals surface area (Å²) in [5.74, 6) is -0.327. The molecule has 1 rings (SSSR count). The molecule has 1 aromatic carbocycles. The van der Waals surface area contributed by atoms with Crippen molar-refractivity contribution in [3.8, 4) is 6.07 Å². The minimum atomic E-state index is -0.327. The summed E-state index contributed by atoms with van der Waals surface area (Å²) in [5.41, 5.74) is 1.34. The van der Waals surface area contributed by atoms with Crippen molar-refractivity contribution in [1.82, 2.24) is 0 Å². The lowest BCUT2D eigenvalue weighted by atomic mass is 10.1. The van der Waals surface area contributed by atoms with E-state index in [1.54, 1.807) is 18.2 Å². The Morgan fingerprint density at radius 1 is 1.64 bits per heavy atom. The van der Waals surface area contributed by atoms with E-state index in [1.807, 2.05) is 6.07 Å². The van der Waals surface area contributed by atoms with E-state index in [-0.39, 0.29) is 12.6 Å². The van der Waals surface area contributed by atoms with Crippen LogP contribution in [0.15, 0.2) is 22.7 Å². The molecule has 0 heterocycles. The topological polar surface area (TPSA) is 50.1 Å². The summed E-state index contributed by atoms with van der Waals surface area (Å²) in [6, 6.07) is 7.28. The van der Waals surface area contributed by atoms with Gasteiger partial charge < -0.3 is 4.74 Å². The van der Waals surface area contributed by atoms with Crippen LogP contribution in [0.1, 0.15) is 18.1 Å². The second-order valence-electron chi connectivity index (χ2n) is 2.71. The molecule has 0 radical (unpaired) electrons. The predicted octanol–water partition coefficient (Wildman–Crippen LogP) is 2.38. The van der Waals surface area contributed by atoms with Crippen LogP contribution in [-0.4, -0.2) is 5.97 Å². The maximum atomic E-state index is 10.5. The van der Waals surface area contributed by atoms with Crippen LogP contribution in [0, 0.1) is 11.3 Å². The van der Waals surface area contributed by atoms with Crippen molar-refractivity contribution in [3.05, 3.63) is 33.8 Å². The Balaban J connectivity index is 2.80. The van der Waals surface area contributed by atoms with Gasteiger partial charge in [-0.15, -0.1) is 0 Å². The van der Waals surface area contributed by atoms with Gasteiger partial charge >= 0.3 is 5.97 Å². The number of hydrogen-bond acceptors (Lipinski definition) is 3. The Morgan fingerprint density at radius 2 is 2.36 bits per heavy atom. The molecule has 0 saturated carbocycles. The zero-order chi connectivity index (χ0) is 10.6. The summed E-state index contributed by atoms with van der Waals surface area (Å²) in [5, 5.41) is 8.73. The fourth-order valence-corrected chi connectivity index (χ4v) is 1.27. The molecule has 72 valence electrons. The van der Waals surface area contributed by atoms with E-state index < -0.39 is 0 Å². The minimum absolute atomic E-state index is 0.206. The summed E-state index contributed by atoms with van der Waals surface area (Å²) in [7, 11) is 0. The lowest BCUT2D eigenvalue weighted by Gasteiger charge is -2.03. The molecule has 0 aromatic heterocycles. The Morgan fingerprint density at radius 3 is 2.93 bits per heavy atom. The summed E-state index contributed by atoms with van der Waals surface area (Å²) in [6.45, 7) is 1.56. The van der Waals surface area contributed by atoms with Crippen LogP contribution in [0.5, 0.6) is 0 Å². The van der Waals surface area contributed by atoms with Crippen LogP contribution in [0.25, 0.3) is 0 Å². The van der Waals surface area contributed by atoms with Gasteiger partial charge in [-0.2, -0.15) is 5.26 Å². The number of esters is 1.